The fourth-order valence-corrected chi connectivity index (χ4v) is 1.49. The molecule has 4 nitrogen and oxygen atoms in total. The Bertz CT molecular complexity index is 420. The lowest BCUT2D eigenvalue weighted by Crippen LogP contribution is -2.26. The summed E-state index contributed by atoms with van der Waals surface area (Å²) in [6.45, 7) is 2.18. The van der Waals surface area contributed by atoms with Crippen LogP contribution in [-0.2, 0) is 3.79 Å². The molecular formula is C9H8Cl4N2O2. The van der Waals surface area contributed by atoms with Crippen LogP contribution in [0.15, 0.2) is 12.1 Å². The molecule has 0 unspecified atom stereocenters. The predicted octanol–water partition coefficient (Wildman–Crippen LogP) is 3.67. The van der Waals surface area contributed by atoms with E-state index in [2.05, 4.69) is 10.3 Å². The van der Waals surface area contributed by atoms with Crippen molar-refractivity contribution >= 4 is 52.5 Å². The summed E-state index contributed by atoms with van der Waals surface area (Å²) in [6, 6.07) is 2.70. The van der Waals surface area contributed by atoms with Crippen LogP contribution in [0.5, 0.6) is 5.88 Å². The number of pyridine rings is 1. The third kappa shape index (κ3) is 4.76. The Morgan fingerprint density at radius 3 is 2.65 bits per heavy atom. The highest BCUT2D eigenvalue weighted by Gasteiger charge is 2.24. The molecule has 1 N–H and O–H groups in total. The third-order valence-corrected chi connectivity index (χ3v) is 2.46. The average Bonchev–Trinajstić information content (AvgIpc) is 2.15. The second kappa shape index (κ2) is 5.96. The van der Waals surface area contributed by atoms with Crippen LogP contribution in [0.2, 0.25) is 5.15 Å². The van der Waals surface area contributed by atoms with E-state index in [1.807, 2.05) is 0 Å². The summed E-state index contributed by atoms with van der Waals surface area (Å²) in [4.78, 5) is 14.9. The van der Waals surface area contributed by atoms with Gasteiger partial charge in [0.2, 0.25) is 9.67 Å². The lowest BCUT2D eigenvalue weighted by Gasteiger charge is -2.12. The molecule has 1 heterocycles. The van der Waals surface area contributed by atoms with Gasteiger partial charge in [0, 0.05) is 18.2 Å². The highest BCUT2D eigenvalue weighted by atomic mass is 35.6. The first-order valence-corrected chi connectivity index (χ1v) is 6.04. The zero-order valence-electron chi connectivity index (χ0n) is 8.64. The Labute approximate surface area is 118 Å². The van der Waals surface area contributed by atoms with Crippen molar-refractivity contribution < 1.29 is 9.53 Å². The van der Waals surface area contributed by atoms with Gasteiger partial charge in [-0.2, -0.15) is 0 Å². The molecule has 0 bridgehead atoms. The molecule has 1 aromatic rings. The first kappa shape index (κ1) is 14.6. The maximum Gasteiger partial charge on any atom is 0.413 e. The number of nitrogens with zero attached hydrogens (tertiary/aromatic N) is 1. The molecule has 0 aliphatic carbocycles. The van der Waals surface area contributed by atoms with E-state index in [-0.39, 0.29) is 16.6 Å². The van der Waals surface area contributed by atoms with Crippen molar-refractivity contribution in [3.63, 3.8) is 0 Å². The largest absolute Gasteiger partial charge is 0.413 e. The molecule has 0 aliphatic heterocycles. The third-order valence-electron chi connectivity index (χ3n) is 1.62. The summed E-state index contributed by atoms with van der Waals surface area (Å²) < 4.78 is 3.19. The van der Waals surface area contributed by atoms with Crippen molar-refractivity contribution in [2.75, 3.05) is 6.54 Å². The number of rotatable bonds is 2. The van der Waals surface area contributed by atoms with Crippen molar-refractivity contribution in [2.45, 2.75) is 10.7 Å². The Morgan fingerprint density at radius 2 is 2.12 bits per heavy atom. The minimum absolute atomic E-state index is 0.0372. The molecule has 0 saturated heterocycles. The second-order valence-corrected chi connectivity index (χ2v) is 5.60. The van der Waals surface area contributed by atoms with Crippen LogP contribution in [0.3, 0.4) is 0 Å². The highest BCUT2D eigenvalue weighted by Crippen LogP contribution is 2.39. The molecule has 8 heteroatoms. The molecule has 0 fully saturated rings. The van der Waals surface area contributed by atoms with Gasteiger partial charge in [-0.25, -0.2) is 9.78 Å². The molecule has 94 valence electrons. The van der Waals surface area contributed by atoms with Crippen molar-refractivity contribution in [1.82, 2.24) is 10.3 Å². The molecular weight excluding hydrogens is 310 g/mol. The number of carbonyl (C=O) groups is 1. The van der Waals surface area contributed by atoms with Crippen LogP contribution in [-0.4, -0.2) is 17.6 Å². The van der Waals surface area contributed by atoms with Gasteiger partial charge in [-0.1, -0.05) is 46.4 Å². The van der Waals surface area contributed by atoms with E-state index in [0.29, 0.717) is 6.54 Å². The lowest BCUT2D eigenvalue weighted by molar-refractivity contribution is 0.199. The predicted molar refractivity (Wildman–Crippen MR) is 68.2 cm³/mol. The Balaban J connectivity index is 2.94. The van der Waals surface area contributed by atoms with Crippen molar-refractivity contribution in [2.24, 2.45) is 0 Å². The highest BCUT2D eigenvalue weighted by molar-refractivity contribution is 6.66. The molecule has 17 heavy (non-hydrogen) atoms. The second-order valence-electron chi connectivity index (χ2n) is 2.93. The van der Waals surface area contributed by atoms with E-state index >= 15 is 0 Å². The SMILES string of the molecule is CCNC(=O)Oc1cc(C(Cl)(Cl)Cl)cc(Cl)n1. The molecule has 1 aromatic heterocycles. The number of amides is 1. The van der Waals surface area contributed by atoms with Gasteiger partial charge in [0.05, 0.1) is 0 Å². The molecule has 0 saturated carbocycles. The molecule has 0 radical (unpaired) electrons. The Hall–Kier alpha value is -0.420. The summed E-state index contributed by atoms with van der Waals surface area (Å²) in [5.74, 6) is -0.0372. The van der Waals surface area contributed by atoms with Crippen LogP contribution in [0.4, 0.5) is 4.79 Å². The number of hydrogen-bond acceptors (Lipinski definition) is 3. The van der Waals surface area contributed by atoms with Gasteiger partial charge in [-0.05, 0) is 13.0 Å². The lowest BCUT2D eigenvalue weighted by atomic mass is 10.3. The average molecular weight is 318 g/mol. The smallest absolute Gasteiger partial charge is 0.391 e. The maximum absolute atomic E-state index is 11.2. The van der Waals surface area contributed by atoms with Crippen LogP contribution in [0.1, 0.15) is 12.5 Å². The van der Waals surface area contributed by atoms with Crippen LogP contribution < -0.4 is 10.1 Å². The molecule has 0 aromatic carbocycles. The summed E-state index contributed by atoms with van der Waals surface area (Å²) in [5.41, 5.74) is 0.266. The number of hydrogen-bond donors (Lipinski definition) is 1. The van der Waals surface area contributed by atoms with Gasteiger partial charge < -0.3 is 10.1 Å². The topological polar surface area (TPSA) is 51.2 Å². The summed E-state index contributed by atoms with van der Waals surface area (Å²) in [5, 5.41) is 2.49. The van der Waals surface area contributed by atoms with Gasteiger partial charge in [0.15, 0.2) is 0 Å². The fraction of sp³-hybridized carbons (Fsp3) is 0.333. The van der Waals surface area contributed by atoms with Gasteiger partial charge >= 0.3 is 6.09 Å². The van der Waals surface area contributed by atoms with Crippen molar-refractivity contribution in [3.05, 3.63) is 22.8 Å². The first-order chi connectivity index (χ1) is 7.82. The Morgan fingerprint density at radius 1 is 1.47 bits per heavy atom. The monoisotopic (exact) mass is 316 g/mol. The minimum atomic E-state index is -1.66. The number of carbonyl (C=O) groups excluding carboxylic acids is 1. The molecule has 1 amide bonds. The van der Waals surface area contributed by atoms with Gasteiger partial charge in [-0.15, -0.1) is 0 Å². The summed E-state index contributed by atoms with van der Waals surface area (Å²) in [7, 11) is 0. The molecule has 0 atom stereocenters. The minimum Gasteiger partial charge on any atom is -0.391 e. The number of nitrogens with one attached hydrogen (secondary N) is 1. The zero-order valence-corrected chi connectivity index (χ0v) is 11.7. The van der Waals surface area contributed by atoms with Crippen LogP contribution in [0.25, 0.3) is 0 Å². The van der Waals surface area contributed by atoms with E-state index in [1.165, 1.54) is 12.1 Å². The van der Waals surface area contributed by atoms with Gasteiger partial charge in [0.25, 0.3) is 0 Å². The quantitative estimate of drug-likeness (QED) is 0.669. The van der Waals surface area contributed by atoms with E-state index in [4.69, 9.17) is 51.1 Å². The number of ether oxygens (including phenoxy) is 1. The standard InChI is InChI=1S/C9H8Cl4N2O2/c1-2-14-8(16)17-7-4-5(9(11,12)13)3-6(10)15-7/h3-4H,2H2,1H3,(H,14,16). The molecule has 0 spiro atoms. The number of alkyl halides is 3. The van der Waals surface area contributed by atoms with E-state index in [9.17, 15) is 4.79 Å². The van der Waals surface area contributed by atoms with Crippen LogP contribution in [0, 0.1) is 0 Å². The first-order valence-electron chi connectivity index (χ1n) is 4.53. The normalized spacial score (nSPS) is 11.1. The summed E-state index contributed by atoms with van der Waals surface area (Å²) >= 11 is 22.8. The number of halogens is 4. The Kier molecular flexibility index (Phi) is 5.13. The maximum atomic E-state index is 11.2. The fourth-order valence-electron chi connectivity index (χ4n) is 0.964. The van der Waals surface area contributed by atoms with Crippen LogP contribution >= 0.6 is 46.4 Å². The van der Waals surface area contributed by atoms with Crippen molar-refractivity contribution in [3.8, 4) is 5.88 Å². The van der Waals surface area contributed by atoms with E-state index < -0.39 is 9.89 Å². The van der Waals surface area contributed by atoms with Crippen molar-refractivity contribution in [1.29, 1.82) is 0 Å². The zero-order chi connectivity index (χ0) is 13.1. The van der Waals surface area contributed by atoms with Gasteiger partial charge in [-0.3, -0.25) is 0 Å². The summed E-state index contributed by atoms with van der Waals surface area (Å²) in [6.07, 6.45) is -0.655. The van der Waals surface area contributed by atoms with E-state index in [1.54, 1.807) is 6.92 Å². The number of aromatic nitrogens is 1. The van der Waals surface area contributed by atoms with Gasteiger partial charge in [0.1, 0.15) is 5.15 Å². The molecule has 0 aliphatic rings. The van der Waals surface area contributed by atoms with E-state index in [0.717, 1.165) is 0 Å². The molecule has 1 rings (SSSR count).